The van der Waals surface area contributed by atoms with Crippen LogP contribution in [0.5, 0.6) is 11.5 Å². The number of halogens is 1. The Morgan fingerprint density at radius 3 is 2.38 bits per heavy atom. The van der Waals surface area contributed by atoms with E-state index in [1.807, 2.05) is 13.0 Å². The van der Waals surface area contributed by atoms with E-state index in [4.69, 9.17) is 9.47 Å². The second kappa shape index (κ2) is 11.2. The number of amides is 1. The van der Waals surface area contributed by atoms with Crippen LogP contribution in [0, 0.1) is 6.92 Å². The number of rotatable bonds is 9. The summed E-state index contributed by atoms with van der Waals surface area (Å²) >= 11 is 3.38. The molecule has 34 heavy (non-hydrogen) atoms. The van der Waals surface area contributed by atoms with Gasteiger partial charge in [-0.25, -0.2) is 13.8 Å². The predicted molar refractivity (Wildman–Crippen MR) is 135 cm³/mol. The molecule has 0 aliphatic rings. The highest BCUT2D eigenvalue weighted by atomic mass is 79.9. The molecule has 3 aromatic carbocycles. The topological polar surface area (TPSA) is 97.3 Å². The number of anilines is 1. The smallest absolute Gasteiger partial charge is 0.264 e. The summed E-state index contributed by atoms with van der Waals surface area (Å²) in [5.74, 6) is 0.257. The van der Waals surface area contributed by atoms with Crippen LogP contribution < -0.4 is 19.2 Å². The molecule has 1 amide bonds. The van der Waals surface area contributed by atoms with E-state index in [9.17, 15) is 13.2 Å². The van der Waals surface area contributed by atoms with Gasteiger partial charge in [0.15, 0.2) is 0 Å². The third-order valence-electron chi connectivity index (χ3n) is 4.81. The molecule has 8 nitrogen and oxygen atoms in total. The van der Waals surface area contributed by atoms with E-state index in [0.717, 1.165) is 14.3 Å². The second-order valence-electron chi connectivity index (χ2n) is 7.18. The highest BCUT2D eigenvalue weighted by Gasteiger charge is 2.29. The minimum atomic E-state index is -4.08. The minimum absolute atomic E-state index is 0.0498. The van der Waals surface area contributed by atoms with Gasteiger partial charge >= 0.3 is 0 Å². The Morgan fingerprint density at radius 2 is 1.71 bits per heavy atom. The lowest BCUT2D eigenvalue weighted by molar-refractivity contribution is -0.119. The number of methoxy groups -OCH3 is 2. The van der Waals surface area contributed by atoms with Crippen LogP contribution in [0.1, 0.15) is 11.1 Å². The van der Waals surface area contributed by atoms with Gasteiger partial charge in [-0.3, -0.25) is 9.10 Å². The van der Waals surface area contributed by atoms with Crippen molar-refractivity contribution in [2.75, 3.05) is 25.1 Å². The lowest BCUT2D eigenvalue weighted by Crippen LogP contribution is -2.39. The van der Waals surface area contributed by atoms with Crippen molar-refractivity contribution in [2.45, 2.75) is 11.8 Å². The van der Waals surface area contributed by atoms with Crippen LogP contribution in [0.15, 0.2) is 81.2 Å². The van der Waals surface area contributed by atoms with Gasteiger partial charge in [0.05, 0.1) is 31.0 Å². The molecule has 0 atom stereocenters. The quantitative estimate of drug-likeness (QED) is 0.322. The lowest BCUT2D eigenvalue weighted by Gasteiger charge is -2.25. The van der Waals surface area contributed by atoms with Gasteiger partial charge in [0.1, 0.15) is 18.0 Å². The summed E-state index contributed by atoms with van der Waals surface area (Å²) in [4.78, 5) is 12.8. The average molecular weight is 546 g/mol. The second-order valence-corrected chi connectivity index (χ2v) is 9.96. The molecule has 0 saturated heterocycles. The van der Waals surface area contributed by atoms with Crippen molar-refractivity contribution in [3.05, 3.63) is 82.3 Å². The fraction of sp³-hybridized carbons (Fsp3) is 0.167. The number of carbonyl (C=O) groups excluding carboxylic acids is 1. The summed E-state index contributed by atoms with van der Waals surface area (Å²) < 4.78 is 39.5. The Morgan fingerprint density at radius 1 is 1.03 bits per heavy atom. The van der Waals surface area contributed by atoms with E-state index >= 15 is 0 Å². The van der Waals surface area contributed by atoms with Crippen molar-refractivity contribution in [2.24, 2.45) is 5.10 Å². The Labute approximate surface area is 207 Å². The van der Waals surface area contributed by atoms with Crippen LogP contribution in [0.25, 0.3) is 0 Å². The Kier molecular flexibility index (Phi) is 8.30. The van der Waals surface area contributed by atoms with Crippen LogP contribution in [-0.4, -0.2) is 41.3 Å². The zero-order valence-electron chi connectivity index (χ0n) is 18.9. The summed E-state index contributed by atoms with van der Waals surface area (Å²) in [6, 6.07) is 18.4. The maximum Gasteiger partial charge on any atom is 0.264 e. The van der Waals surface area contributed by atoms with Crippen LogP contribution >= 0.6 is 15.9 Å². The standard InChI is InChI=1S/C24H24BrN3O5S/c1-17-9-11-23(33-3)21(13-17)28(34(30,31)20-7-5-4-6-8-20)16-24(29)27-26-15-18-14-19(25)10-12-22(18)32-2/h4-15H,16H2,1-3H3,(H,27,29)/b26-15-. The molecule has 10 heteroatoms. The van der Waals surface area contributed by atoms with E-state index in [-0.39, 0.29) is 10.6 Å². The number of benzene rings is 3. The highest BCUT2D eigenvalue weighted by molar-refractivity contribution is 9.10. The third-order valence-corrected chi connectivity index (χ3v) is 7.07. The molecule has 0 aliphatic heterocycles. The Balaban J connectivity index is 1.92. The fourth-order valence-corrected chi connectivity index (χ4v) is 4.98. The first-order valence-electron chi connectivity index (χ1n) is 10.1. The van der Waals surface area contributed by atoms with Crippen molar-refractivity contribution in [3.8, 4) is 11.5 Å². The molecule has 3 aromatic rings. The third kappa shape index (κ3) is 5.95. The average Bonchev–Trinajstić information content (AvgIpc) is 2.83. The number of sulfonamides is 1. The SMILES string of the molecule is COc1ccc(Br)cc1/C=N\NC(=O)CN(c1cc(C)ccc1OC)S(=O)(=O)c1ccccc1. The molecular formula is C24H24BrN3O5S. The summed E-state index contributed by atoms with van der Waals surface area (Å²) in [6.45, 7) is 1.32. The Bertz CT molecular complexity index is 1300. The van der Waals surface area contributed by atoms with Crippen molar-refractivity contribution < 1.29 is 22.7 Å². The molecule has 0 unspecified atom stereocenters. The van der Waals surface area contributed by atoms with Crippen molar-refractivity contribution in [1.29, 1.82) is 0 Å². The number of hydrogen-bond donors (Lipinski definition) is 1. The number of aryl methyl sites for hydroxylation is 1. The molecule has 0 saturated carbocycles. The van der Waals surface area contributed by atoms with Gasteiger partial charge in [-0.2, -0.15) is 5.10 Å². The number of ether oxygens (including phenoxy) is 2. The van der Waals surface area contributed by atoms with Gasteiger partial charge in [-0.05, 0) is 55.0 Å². The zero-order valence-corrected chi connectivity index (χ0v) is 21.3. The number of carbonyl (C=O) groups is 1. The molecule has 0 radical (unpaired) electrons. The molecule has 0 heterocycles. The van der Waals surface area contributed by atoms with E-state index in [0.29, 0.717) is 17.1 Å². The maximum absolute atomic E-state index is 13.5. The monoisotopic (exact) mass is 545 g/mol. The molecule has 1 N–H and O–H groups in total. The molecule has 178 valence electrons. The molecule has 0 bridgehead atoms. The fourth-order valence-electron chi connectivity index (χ4n) is 3.16. The van der Waals surface area contributed by atoms with Gasteiger partial charge in [-0.15, -0.1) is 0 Å². The van der Waals surface area contributed by atoms with Gasteiger partial charge in [0.25, 0.3) is 15.9 Å². The van der Waals surface area contributed by atoms with Crippen LogP contribution in [-0.2, 0) is 14.8 Å². The van der Waals surface area contributed by atoms with Crippen LogP contribution in [0.3, 0.4) is 0 Å². The number of hydrazone groups is 1. The van der Waals surface area contributed by atoms with Gasteiger partial charge in [-0.1, -0.05) is 40.2 Å². The minimum Gasteiger partial charge on any atom is -0.496 e. The number of hydrogen-bond acceptors (Lipinski definition) is 6. The van der Waals surface area contributed by atoms with Gasteiger partial charge in [0, 0.05) is 10.0 Å². The number of nitrogens with zero attached hydrogens (tertiary/aromatic N) is 2. The maximum atomic E-state index is 13.5. The van der Waals surface area contributed by atoms with Crippen molar-refractivity contribution in [1.82, 2.24) is 5.43 Å². The summed E-state index contributed by atoms with van der Waals surface area (Å²) in [7, 11) is -1.11. The highest BCUT2D eigenvalue weighted by Crippen LogP contribution is 2.33. The molecule has 0 spiro atoms. The largest absolute Gasteiger partial charge is 0.496 e. The van der Waals surface area contributed by atoms with E-state index in [2.05, 4.69) is 26.5 Å². The molecule has 0 fully saturated rings. The van der Waals surface area contributed by atoms with Crippen LogP contribution in [0.4, 0.5) is 5.69 Å². The zero-order chi connectivity index (χ0) is 24.7. The van der Waals surface area contributed by atoms with E-state index in [1.54, 1.807) is 48.5 Å². The van der Waals surface area contributed by atoms with E-state index < -0.39 is 22.5 Å². The lowest BCUT2D eigenvalue weighted by atomic mass is 10.2. The molecule has 3 rings (SSSR count). The normalized spacial score (nSPS) is 11.3. The number of nitrogens with one attached hydrogen (secondary N) is 1. The first-order valence-corrected chi connectivity index (χ1v) is 12.4. The first kappa shape index (κ1) is 25.3. The Hall–Kier alpha value is -3.37. The van der Waals surface area contributed by atoms with Gasteiger partial charge in [0.2, 0.25) is 0 Å². The summed E-state index contributed by atoms with van der Waals surface area (Å²) in [6.07, 6.45) is 1.42. The molecule has 0 aromatic heterocycles. The van der Waals surface area contributed by atoms with Crippen LogP contribution in [0.2, 0.25) is 0 Å². The van der Waals surface area contributed by atoms with Crippen molar-refractivity contribution >= 4 is 43.8 Å². The first-order chi connectivity index (χ1) is 16.3. The van der Waals surface area contributed by atoms with Crippen molar-refractivity contribution in [3.63, 3.8) is 0 Å². The van der Waals surface area contributed by atoms with Gasteiger partial charge < -0.3 is 9.47 Å². The summed E-state index contributed by atoms with van der Waals surface area (Å²) in [5, 5.41) is 3.97. The van der Waals surface area contributed by atoms with E-state index in [1.165, 1.54) is 32.6 Å². The predicted octanol–water partition coefficient (Wildman–Crippen LogP) is 4.12. The summed E-state index contributed by atoms with van der Waals surface area (Å²) in [5.41, 5.74) is 4.08. The molecular weight excluding hydrogens is 522 g/mol. The molecule has 0 aliphatic carbocycles.